The fourth-order valence-electron chi connectivity index (χ4n) is 3.90. The molecule has 4 rings (SSSR count). The highest BCUT2D eigenvalue weighted by molar-refractivity contribution is 7.19. The molecule has 2 aliphatic rings. The Morgan fingerprint density at radius 2 is 2.21 bits per heavy atom. The minimum absolute atomic E-state index is 0.251. The monoisotopic (exact) mass is 365 g/mol. The molecule has 0 radical (unpaired) electrons. The van der Waals surface area contributed by atoms with Crippen LogP contribution in [0.5, 0.6) is 0 Å². The summed E-state index contributed by atoms with van der Waals surface area (Å²) in [5.74, 6) is 0.473. The van der Waals surface area contributed by atoms with E-state index in [0.717, 1.165) is 48.3 Å². The molecule has 1 aliphatic carbocycles. The van der Waals surface area contributed by atoms with Crippen molar-refractivity contribution in [2.24, 2.45) is 11.8 Å². The average Bonchev–Trinajstić information content (AvgIpc) is 2.90. The number of carboxylic acid groups (broad SMARTS) is 1. The Kier molecular flexibility index (Phi) is 4.12. The quantitative estimate of drug-likeness (QED) is 0.820. The summed E-state index contributed by atoms with van der Waals surface area (Å²) in [6.07, 6.45) is 4.91. The van der Waals surface area contributed by atoms with Crippen LogP contribution in [0.25, 0.3) is 10.2 Å². The van der Waals surface area contributed by atoms with E-state index in [1.165, 1.54) is 16.9 Å². The average molecular weight is 366 g/mol. The van der Waals surface area contributed by atoms with E-state index in [9.17, 15) is 9.90 Å². The number of aryl methyl sites for hydroxylation is 1. The molecule has 1 N–H and O–H groups in total. The van der Waals surface area contributed by atoms with Crippen molar-refractivity contribution in [2.45, 2.75) is 39.0 Å². The number of anilines is 1. The highest BCUT2D eigenvalue weighted by Gasteiger charge is 2.30. The van der Waals surface area contributed by atoms with Crippen LogP contribution in [0, 0.1) is 11.8 Å². The molecule has 0 amide bonds. The van der Waals surface area contributed by atoms with Gasteiger partial charge in [0.25, 0.3) is 0 Å². The van der Waals surface area contributed by atoms with Gasteiger partial charge in [0.15, 0.2) is 0 Å². The summed E-state index contributed by atoms with van der Waals surface area (Å²) in [6.45, 7) is 3.61. The van der Waals surface area contributed by atoms with Crippen LogP contribution in [0.15, 0.2) is 0 Å². The Morgan fingerprint density at radius 3 is 3.00 bits per heavy atom. The van der Waals surface area contributed by atoms with Crippen molar-refractivity contribution in [1.82, 2.24) is 9.97 Å². The molecule has 24 heavy (non-hydrogen) atoms. The van der Waals surface area contributed by atoms with Crippen LogP contribution in [0.2, 0.25) is 5.28 Å². The minimum Gasteiger partial charge on any atom is -0.481 e. The van der Waals surface area contributed by atoms with Crippen molar-refractivity contribution in [3.8, 4) is 0 Å². The summed E-state index contributed by atoms with van der Waals surface area (Å²) in [5, 5.41) is 10.7. The fourth-order valence-corrected chi connectivity index (χ4v) is 5.49. The van der Waals surface area contributed by atoms with E-state index in [2.05, 4.69) is 21.8 Å². The van der Waals surface area contributed by atoms with Crippen LogP contribution in [0.3, 0.4) is 0 Å². The molecule has 0 spiro atoms. The maximum atomic E-state index is 11.4. The molecule has 0 aromatic carbocycles. The Morgan fingerprint density at radius 1 is 1.38 bits per heavy atom. The van der Waals surface area contributed by atoms with Gasteiger partial charge in [0.05, 0.1) is 11.3 Å². The summed E-state index contributed by atoms with van der Waals surface area (Å²) in [6, 6.07) is 0. The number of piperidine rings is 1. The van der Waals surface area contributed by atoms with Gasteiger partial charge in [-0.15, -0.1) is 11.3 Å². The van der Waals surface area contributed by atoms with E-state index in [1.807, 2.05) is 0 Å². The number of nitrogens with zero attached hydrogens (tertiary/aromatic N) is 3. The van der Waals surface area contributed by atoms with Gasteiger partial charge in [0.1, 0.15) is 10.6 Å². The predicted molar refractivity (Wildman–Crippen MR) is 96.2 cm³/mol. The van der Waals surface area contributed by atoms with E-state index in [4.69, 9.17) is 11.6 Å². The van der Waals surface area contributed by atoms with Gasteiger partial charge in [-0.1, -0.05) is 6.92 Å². The second kappa shape index (κ2) is 6.15. The largest absolute Gasteiger partial charge is 0.481 e. The van der Waals surface area contributed by atoms with Gasteiger partial charge in [-0.2, -0.15) is 4.98 Å². The van der Waals surface area contributed by atoms with E-state index in [0.29, 0.717) is 12.5 Å². The number of aliphatic carboxylic acids is 1. The summed E-state index contributed by atoms with van der Waals surface area (Å²) in [7, 11) is 0. The van der Waals surface area contributed by atoms with Gasteiger partial charge >= 0.3 is 5.97 Å². The second-order valence-corrected chi connectivity index (χ2v) is 8.39. The lowest BCUT2D eigenvalue weighted by molar-refractivity contribution is -0.141. The lowest BCUT2D eigenvalue weighted by atomic mass is 9.89. The third kappa shape index (κ3) is 2.75. The first-order valence-electron chi connectivity index (χ1n) is 8.48. The van der Waals surface area contributed by atoms with Crippen molar-refractivity contribution in [3.05, 3.63) is 15.7 Å². The molecule has 5 nitrogen and oxygen atoms in total. The molecular formula is C17H20ClN3O2S. The standard InChI is InChI=1S/C17H20ClN3O2S/c1-9-4-5-11-12(7-9)24-15-13(11)14(19-17(18)20-15)21-6-2-3-10(8-21)16(22)23/h9-10H,2-8H2,1H3,(H,22,23). The van der Waals surface area contributed by atoms with Crippen LogP contribution >= 0.6 is 22.9 Å². The smallest absolute Gasteiger partial charge is 0.308 e. The summed E-state index contributed by atoms with van der Waals surface area (Å²) in [5.41, 5.74) is 1.36. The molecule has 1 fully saturated rings. The highest BCUT2D eigenvalue weighted by atomic mass is 35.5. The molecule has 0 bridgehead atoms. The maximum Gasteiger partial charge on any atom is 0.308 e. The maximum absolute atomic E-state index is 11.4. The molecule has 1 saturated heterocycles. The highest BCUT2D eigenvalue weighted by Crippen LogP contribution is 2.42. The number of fused-ring (bicyclic) bond motifs is 3. The fraction of sp³-hybridized carbons (Fsp3) is 0.588. The number of hydrogen-bond acceptors (Lipinski definition) is 5. The van der Waals surface area contributed by atoms with Crippen molar-refractivity contribution in [3.63, 3.8) is 0 Å². The zero-order valence-corrected chi connectivity index (χ0v) is 15.2. The first kappa shape index (κ1) is 16.1. The first-order valence-corrected chi connectivity index (χ1v) is 9.68. The van der Waals surface area contributed by atoms with Crippen molar-refractivity contribution < 1.29 is 9.90 Å². The lowest BCUT2D eigenvalue weighted by Gasteiger charge is -2.32. The van der Waals surface area contributed by atoms with Crippen LogP contribution in [-0.4, -0.2) is 34.1 Å². The van der Waals surface area contributed by atoms with Crippen molar-refractivity contribution in [1.29, 1.82) is 0 Å². The van der Waals surface area contributed by atoms with Gasteiger partial charge in [-0.25, -0.2) is 4.98 Å². The van der Waals surface area contributed by atoms with Gasteiger partial charge < -0.3 is 10.0 Å². The number of rotatable bonds is 2. The Balaban J connectivity index is 1.81. The molecule has 1 aliphatic heterocycles. The van der Waals surface area contributed by atoms with Crippen molar-refractivity contribution >= 4 is 44.9 Å². The van der Waals surface area contributed by atoms with Crippen molar-refractivity contribution in [2.75, 3.05) is 18.0 Å². The third-order valence-electron chi connectivity index (χ3n) is 5.18. The molecule has 128 valence electrons. The lowest BCUT2D eigenvalue weighted by Crippen LogP contribution is -2.39. The number of halogens is 1. The number of hydrogen-bond donors (Lipinski definition) is 1. The van der Waals surface area contributed by atoms with E-state index in [1.54, 1.807) is 11.3 Å². The summed E-state index contributed by atoms with van der Waals surface area (Å²) >= 11 is 7.90. The van der Waals surface area contributed by atoms with Gasteiger partial charge in [0.2, 0.25) is 5.28 Å². The van der Waals surface area contributed by atoms with Gasteiger partial charge in [-0.3, -0.25) is 4.79 Å². The molecular weight excluding hydrogens is 346 g/mol. The molecule has 2 aromatic heterocycles. The zero-order chi connectivity index (χ0) is 16.8. The minimum atomic E-state index is -0.725. The third-order valence-corrected chi connectivity index (χ3v) is 6.50. The molecule has 3 heterocycles. The number of carbonyl (C=O) groups is 1. The van der Waals surface area contributed by atoms with Crippen LogP contribution in [0.1, 0.15) is 36.6 Å². The number of thiophene rings is 1. The molecule has 7 heteroatoms. The summed E-state index contributed by atoms with van der Waals surface area (Å²) in [4.78, 5) is 24.8. The normalized spacial score (nSPS) is 24.2. The summed E-state index contributed by atoms with van der Waals surface area (Å²) < 4.78 is 0. The van der Waals surface area contributed by atoms with Gasteiger partial charge in [-0.05, 0) is 55.2 Å². The second-order valence-electron chi connectivity index (χ2n) is 6.97. The number of aromatic nitrogens is 2. The molecule has 0 saturated carbocycles. The topological polar surface area (TPSA) is 66.3 Å². The SMILES string of the molecule is CC1CCc2c(sc3nc(Cl)nc(N4CCCC(C(=O)O)C4)c23)C1. The Bertz CT molecular complexity index is 807. The van der Waals surface area contributed by atoms with E-state index < -0.39 is 5.97 Å². The number of carboxylic acids is 1. The van der Waals surface area contributed by atoms with Crippen LogP contribution < -0.4 is 4.90 Å². The molecule has 2 unspecified atom stereocenters. The Labute approximate surface area is 149 Å². The van der Waals surface area contributed by atoms with Gasteiger partial charge in [0, 0.05) is 18.0 Å². The zero-order valence-electron chi connectivity index (χ0n) is 13.6. The van der Waals surface area contributed by atoms with Crippen LogP contribution in [-0.2, 0) is 17.6 Å². The first-order chi connectivity index (χ1) is 11.5. The van der Waals surface area contributed by atoms with E-state index >= 15 is 0 Å². The van der Waals surface area contributed by atoms with Crippen LogP contribution in [0.4, 0.5) is 5.82 Å². The van der Waals surface area contributed by atoms with E-state index in [-0.39, 0.29) is 11.2 Å². The Hall–Kier alpha value is -1.40. The predicted octanol–water partition coefficient (Wildman–Crippen LogP) is 3.77. The molecule has 2 aromatic rings. The molecule has 2 atom stereocenters.